The van der Waals surface area contributed by atoms with E-state index in [2.05, 4.69) is 23.5 Å². The Morgan fingerprint density at radius 3 is 2.62 bits per heavy atom. The Bertz CT molecular complexity index is 644. The molecule has 2 rings (SSSR count). The summed E-state index contributed by atoms with van der Waals surface area (Å²) in [6.07, 6.45) is 0. The Labute approximate surface area is 126 Å². The Balaban J connectivity index is 2.13. The highest BCUT2D eigenvalue weighted by atomic mass is 16.5. The fourth-order valence-corrected chi connectivity index (χ4v) is 2.18. The molecule has 108 valence electrons. The zero-order chi connectivity index (χ0) is 15.1. The summed E-state index contributed by atoms with van der Waals surface area (Å²) in [5.41, 5.74) is 5.06. The van der Waals surface area contributed by atoms with E-state index in [0.29, 0.717) is 25.3 Å². The van der Waals surface area contributed by atoms with Gasteiger partial charge in [-0.05, 0) is 42.7 Å². The Morgan fingerprint density at radius 2 is 1.90 bits per heavy atom. The molecule has 0 bridgehead atoms. The van der Waals surface area contributed by atoms with Crippen molar-refractivity contribution < 1.29 is 4.74 Å². The van der Waals surface area contributed by atoms with E-state index in [1.165, 1.54) is 11.1 Å². The van der Waals surface area contributed by atoms with Crippen molar-refractivity contribution in [3.05, 3.63) is 64.7 Å². The molecule has 2 aromatic rings. The number of aryl methyl sites for hydroxylation is 1. The molecule has 0 fully saturated rings. The van der Waals surface area contributed by atoms with Gasteiger partial charge in [0.2, 0.25) is 0 Å². The van der Waals surface area contributed by atoms with Gasteiger partial charge in [0.25, 0.3) is 0 Å². The topological polar surface area (TPSA) is 45.0 Å². The summed E-state index contributed by atoms with van der Waals surface area (Å²) in [4.78, 5) is 0. The molecule has 0 saturated heterocycles. The quantitative estimate of drug-likeness (QED) is 0.869. The summed E-state index contributed by atoms with van der Waals surface area (Å²) in [7, 11) is 0. The van der Waals surface area contributed by atoms with Crippen LogP contribution in [-0.4, -0.2) is 6.61 Å². The SMILES string of the molecule is CCOCc1ccccc1CNc1cc(C)ccc1C#N. The zero-order valence-corrected chi connectivity index (χ0v) is 12.5. The molecule has 3 nitrogen and oxygen atoms in total. The number of hydrogen-bond acceptors (Lipinski definition) is 3. The van der Waals surface area contributed by atoms with Crippen molar-refractivity contribution in [1.82, 2.24) is 0 Å². The molecule has 0 radical (unpaired) electrons. The molecule has 0 spiro atoms. The number of nitrogens with zero attached hydrogens (tertiary/aromatic N) is 1. The van der Waals surface area contributed by atoms with E-state index in [0.717, 1.165) is 11.3 Å². The molecule has 0 aliphatic rings. The fraction of sp³-hybridized carbons (Fsp3) is 0.278. The first-order chi connectivity index (χ1) is 10.2. The predicted octanol–water partition coefficient (Wildman–Crippen LogP) is 4.02. The second-order valence-corrected chi connectivity index (χ2v) is 4.92. The van der Waals surface area contributed by atoms with Crippen molar-refractivity contribution in [3.8, 4) is 6.07 Å². The van der Waals surface area contributed by atoms with E-state index < -0.39 is 0 Å². The van der Waals surface area contributed by atoms with Crippen LogP contribution in [-0.2, 0) is 17.9 Å². The molecule has 0 aromatic heterocycles. The van der Waals surface area contributed by atoms with Gasteiger partial charge in [0, 0.05) is 13.2 Å². The summed E-state index contributed by atoms with van der Waals surface area (Å²) < 4.78 is 5.50. The normalized spacial score (nSPS) is 10.1. The summed E-state index contributed by atoms with van der Waals surface area (Å²) in [6.45, 7) is 6.02. The third-order valence-corrected chi connectivity index (χ3v) is 3.34. The van der Waals surface area contributed by atoms with E-state index in [4.69, 9.17) is 10.00 Å². The highest BCUT2D eigenvalue weighted by Gasteiger charge is 2.05. The summed E-state index contributed by atoms with van der Waals surface area (Å²) in [5, 5.41) is 12.5. The Kier molecular flexibility index (Phi) is 5.36. The van der Waals surface area contributed by atoms with Gasteiger partial charge in [0.05, 0.1) is 17.9 Å². The van der Waals surface area contributed by atoms with Crippen LogP contribution in [0.1, 0.15) is 29.2 Å². The third-order valence-electron chi connectivity index (χ3n) is 3.34. The van der Waals surface area contributed by atoms with Crippen molar-refractivity contribution >= 4 is 5.69 Å². The number of nitrogens with one attached hydrogen (secondary N) is 1. The molecule has 0 heterocycles. The van der Waals surface area contributed by atoms with Gasteiger partial charge < -0.3 is 10.1 Å². The molecule has 0 aliphatic heterocycles. The molecule has 0 aliphatic carbocycles. The van der Waals surface area contributed by atoms with Crippen LogP contribution in [0.25, 0.3) is 0 Å². The molecule has 0 unspecified atom stereocenters. The summed E-state index contributed by atoms with van der Waals surface area (Å²) in [6, 6.07) is 16.2. The van der Waals surface area contributed by atoms with Crippen LogP contribution in [0, 0.1) is 18.3 Å². The molecular weight excluding hydrogens is 260 g/mol. The molecule has 0 saturated carbocycles. The van der Waals surface area contributed by atoms with Gasteiger partial charge in [-0.3, -0.25) is 0 Å². The van der Waals surface area contributed by atoms with Crippen LogP contribution >= 0.6 is 0 Å². The standard InChI is InChI=1S/C18H20N2O/c1-3-21-13-17-7-5-4-6-16(17)12-20-18-10-14(2)8-9-15(18)11-19/h4-10,20H,3,12-13H2,1-2H3. The van der Waals surface area contributed by atoms with Crippen molar-refractivity contribution in [2.45, 2.75) is 27.0 Å². The smallest absolute Gasteiger partial charge is 0.101 e. The zero-order valence-electron chi connectivity index (χ0n) is 12.5. The largest absolute Gasteiger partial charge is 0.380 e. The van der Waals surface area contributed by atoms with E-state index in [1.54, 1.807) is 0 Å². The molecule has 0 amide bonds. The number of anilines is 1. The molecular formula is C18H20N2O. The maximum absolute atomic E-state index is 9.17. The lowest BCUT2D eigenvalue weighted by Crippen LogP contribution is -2.05. The number of ether oxygens (including phenoxy) is 1. The average Bonchev–Trinajstić information content (AvgIpc) is 2.52. The van der Waals surface area contributed by atoms with Gasteiger partial charge in [0.1, 0.15) is 6.07 Å². The minimum absolute atomic E-state index is 0.618. The van der Waals surface area contributed by atoms with Gasteiger partial charge >= 0.3 is 0 Å². The highest BCUT2D eigenvalue weighted by Crippen LogP contribution is 2.19. The van der Waals surface area contributed by atoms with Crippen molar-refractivity contribution in [3.63, 3.8) is 0 Å². The van der Waals surface area contributed by atoms with Crippen molar-refractivity contribution in [2.75, 3.05) is 11.9 Å². The monoisotopic (exact) mass is 280 g/mol. The number of rotatable bonds is 6. The first-order valence-electron chi connectivity index (χ1n) is 7.13. The van der Waals surface area contributed by atoms with E-state index in [-0.39, 0.29) is 0 Å². The average molecular weight is 280 g/mol. The van der Waals surface area contributed by atoms with Crippen molar-refractivity contribution in [1.29, 1.82) is 5.26 Å². The van der Waals surface area contributed by atoms with Gasteiger partial charge in [-0.1, -0.05) is 30.3 Å². The molecule has 21 heavy (non-hydrogen) atoms. The predicted molar refractivity (Wildman–Crippen MR) is 85.0 cm³/mol. The maximum atomic E-state index is 9.17. The van der Waals surface area contributed by atoms with Crippen LogP contribution in [0.2, 0.25) is 0 Å². The van der Waals surface area contributed by atoms with Crippen LogP contribution in [0.3, 0.4) is 0 Å². The lowest BCUT2D eigenvalue weighted by atomic mass is 10.1. The van der Waals surface area contributed by atoms with Gasteiger partial charge in [0.15, 0.2) is 0 Å². The lowest BCUT2D eigenvalue weighted by Gasteiger charge is -2.13. The number of benzene rings is 2. The summed E-state index contributed by atoms with van der Waals surface area (Å²) in [5.74, 6) is 0. The van der Waals surface area contributed by atoms with E-state index in [9.17, 15) is 0 Å². The van der Waals surface area contributed by atoms with Gasteiger partial charge in [-0.25, -0.2) is 0 Å². The van der Waals surface area contributed by atoms with Crippen LogP contribution in [0.15, 0.2) is 42.5 Å². The fourth-order valence-electron chi connectivity index (χ4n) is 2.18. The summed E-state index contributed by atoms with van der Waals surface area (Å²) >= 11 is 0. The minimum Gasteiger partial charge on any atom is -0.380 e. The van der Waals surface area contributed by atoms with Crippen LogP contribution < -0.4 is 5.32 Å². The van der Waals surface area contributed by atoms with Crippen LogP contribution in [0.5, 0.6) is 0 Å². The highest BCUT2D eigenvalue weighted by molar-refractivity contribution is 5.59. The van der Waals surface area contributed by atoms with Gasteiger partial charge in [-0.2, -0.15) is 5.26 Å². The molecule has 2 aromatic carbocycles. The molecule has 1 N–H and O–H groups in total. The van der Waals surface area contributed by atoms with Gasteiger partial charge in [-0.15, -0.1) is 0 Å². The number of nitriles is 1. The van der Waals surface area contributed by atoms with E-state index in [1.807, 2.05) is 44.2 Å². The molecule has 3 heteroatoms. The Hall–Kier alpha value is -2.31. The first-order valence-corrected chi connectivity index (χ1v) is 7.13. The second-order valence-electron chi connectivity index (χ2n) is 4.92. The Morgan fingerprint density at radius 1 is 1.14 bits per heavy atom. The molecule has 0 atom stereocenters. The van der Waals surface area contributed by atoms with Crippen molar-refractivity contribution in [2.24, 2.45) is 0 Å². The first kappa shape index (κ1) is 15.1. The number of hydrogen-bond donors (Lipinski definition) is 1. The van der Waals surface area contributed by atoms with Crippen LogP contribution in [0.4, 0.5) is 5.69 Å². The third kappa shape index (κ3) is 4.08. The van der Waals surface area contributed by atoms with E-state index >= 15 is 0 Å². The maximum Gasteiger partial charge on any atom is 0.101 e. The second kappa shape index (κ2) is 7.47. The minimum atomic E-state index is 0.618. The lowest BCUT2D eigenvalue weighted by molar-refractivity contribution is 0.133.